The second kappa shape index (κ2) is 9.74. The van der Waals surface area contributed by atoms with E-state index >= 15 is 0 Å². The number of carbonyl (C=O) groups excluding carboxylic acids is 2. The highest BCUT2D eigenvalue weighted by molar-refractivity contribution is 6.27. The van der Waals surface area contributed by atoms with Crippen molar-refractivity contribution in [3.05, 3.63) is 52.8 Å². The second-order valence-corrected chi connectivity index (χ2v) is 8.02. The van der Waals surface area contributed by atoms with E-state index in [1.807, 2.05) is 0 Å². The van der Waals surface area contributed by atoms with Gasteiger partial charge in [0.05, 0.1) is 0 Å². The van der Waals surface area contributed by atoms with Crippen molar-refractivity contribution < 1.29 is 24.9 Å². The summed E-state index contributed by atoms with van der Waals surface area (Å²) in [7, 11) is 0. The van der Waals surface area contributed by atoms with Crippen LogP contribution in [0.4, 0.5) is 0 Å². The number of aliphatic hydroxyl groups is 2. The summed E-state index contributed by atoms with van der Waals surface area (Å²) in [4.78, 5) is 25.1. The molecule has 4 unspecified atom stereocenters. The number of phenols is 1. The molecule has 1 aromatic carbocycles. The molecule has 1 heterocycles. The number of carbonyl (C=O) groups is 2. The maximum Gasteiger partial charge on any atom is 0.259 e. The van der Waals surface area contributed by atoms with Gasteiger partial charge in [0.1, 0.15) is 29.2 Å². The van der Waals surface area contributed by atoms with Gasteiger partial charge in [-0.15, -0.1) is 0 Å². The van der Waals surface area contributed by atoms with Crippen LogP contribution < -0.4 is 5.32 Å². The summed E-state index contributed by atoms with van der Waals surface area (Å²) in [5.74, 6) is -1.54. The van der Waals surface area contributed by atoms with Crippen LogP contribution in [0.2, 0.25) is 0 Å². The van der Waals surface area contributed by atoms with E-state index in [0.717, 1.165) is 12.8 Å². The molecule has 4 N–H and O–H groups in total. The maximum atomic E-state index is 12.8. The molecule has 0 saturated carbocycles. The molecule has 6 nitrogen and oxygen atoms in total. The Labute approximate surface area is 172 Å². The number of amides is 1. The van der Waals surface area contributed by atoms with Crippen molar-refractivity contribution in [3.63, 3.8) is 0 Å². The van der Waals surface area contributed by atoms with Crippen molar-refractivity contribution in [1.82, 2.24) is 5.32 Å². The quantitative estimate of drug-likeness (QED) is 0.230. The predicted molar refractivity (Wildman–Crippen MR) is 111 cm³/mol. The highest BCUT2D eigenvalue weighted by Crippen LogP contribution is 2.30. The molecule has 29 heavy (non-hydrogen) atoms. The number of aromatic hydroxyl groups is 1. The lowest BCUT2D eigenvalue weighted by Crippen LogP contribution is -2.35. The lowest BCUT2D eigenvalue weighted by molar-refractivity contribution is -0.118. The first-order valence-corrected chi connectivity index (χ1v) is 10.1. The Kier molecular flexibility index (Phi) is 7.62. The number of Topliss-reactive ketones (excluding diaryl/α,β-unsaturated/α-hetero) is 1. The highest BCUT2D eigenvalue weighted by Gasteiger charge is 2.43. The second-order valence-electron chi connectivity index (χ2n) is 8.02. The summed E-state index contributed by atoms with van der Waals surface area (Å²) >= 11 is 0. The van der Waals surface area contributed by atoms with E-state index in [1.54, 1.807) is 6.92 Å². The van der Waals surface area contributed by atoms with Crippen molar-refractivity contribution >= 4 is 11.7 Å². The predicted octanol–water partition coefficient (Wildman–Crippen LogP) is 3.71. The van der Waals surface area contributed by atoms with E-state index in [4.69, 9.17) is 0 Å². The standard InChI is InChI=1S/C23H31NO5/c1-5-6-13(2)11-14(3)12-15(4)20(26)18-22(28)19(24-23(18)29)21(27)16-7-9-17(25)10-8-16/h6-10,14-15,19,21,25-27H,5,11-12H2,1-4H3,(H,24,29). The number of aliphatic hydroxyl groups excluding tert-OH is 2. The molecule has 1 saturated heterocycles. The van der Waals surface area contributed by atoms with Crippen LogP contribution >= 0.6 is 0 Å². The Morgan fingerprint density at radius 1 is 1.21 bits per heavy atom. The molecule has 1 aliphatic heterocycles. The monoisotopic (exact) mass is 401 g/mol. The van der Waals surface area contributed by atoms with Gasteiger partial charge in [-0.25, -0.2) is 0 Å². The molecule has 1 fully saturated rings. The molecule has 4 atom stereocenters. The molecule has 1 aromatic rings. The summed E-state index contributed by atoms with van der Waals surface area (Å²) in [6, 6.07) is 4.59. The van der Waals surface area contributed by atoms with Crippen LogP contribution in [0.3, 0.4) is 0 Å². The van der Waals surface area contributed by atoms with E-state index in [9.17, 15) is 24.9 Å². The van der Waals surface area contributed by atoms with E-state index in [0.29, 0.717) is 12.0 Å². The number of nitrogens with one attached hydrogen (secondary N) is 1. The smallest absolute Gasteiger partial charge is 0.259 e. The minimum absolute atomic E-state index is 0.0351. The van der Waals surface area contributed by atoms with Crippen LogP contribution in [0.15, 0.2) is 47.2 Å². The Bertz CT molecular complexity index is 809. The van der Waals surface area contributed by atoms with Crippen molar-refractivity contribution in [1.29, 1.82) is 0 Å². The summed E-state index contributed by atoms with van der Waals surface area (Å²) in [5, 5.41) is 33.0. The van der Waals surface area contributed by atoms with Crippen LogP contribution in [0.1, 0.15) is 58.6 Å². The number of ketones is 1. The minimum Gasteiger partial charge on any atom is -0.511 e. The van der Waals surface area contributed by atoms with Crippen LogP contribution in [0.25, 0.3) is 0 Å². The number of hydrogen-bond acceptors (Lipinski definition) is 5. The van der Waals surface area contributed by atoms with Gasteiger partial charge in [-0.2, -0.15) is 0 Å². The number of rotatable bonds is 8. The zero-order valence-corrected chi connectivity index (χ0v) is 17.5. The topological polar surface area (TPSA) is 107 Å². The number of phenolic OH excluding ortho intramolecular Hbond substituents is 1. The fourth-order valence-electron chi connectivity index (χ4n) is 3.90. The van der Waals surface area contributed by atoms with Gasteiger partial charge in [0.25, 0.3) is 5.91 Å². The van der Waals surface area contributed by atoms with Gasteiger partial charge < -0.3 is 20.6 Å². The van der Waals surface area contributed by atoms with Gasteiger partial charge in [0.2, 0.25) is 0 Å². The highest BCUT2D eigenvalue weighted by atomic mass is 16.3. The average Bonchev–Trinajstić information content (AvgIpc) is 2.95. The van der Waals surface area contributed by atoms with E-state index < -0.39 is 23.8 Å². The Morgan fingerprint density at radius 2 is 1.83 bits per heavy atom. The molecular weight excluding hydrogens is 370 g/mol. The first-order chi connectivity index (χ1) is 13.6. The fourth-order valence-corrected chi connectivity index (χ4v) is 3.90. The van der Waals surface area contributed by atoms with Gasteiger partial charge in [-0.1, -0.05) is 44.6 Å². The molecule has 0 radical (unpaired) electrons. The van der Waals surface area contributed by atoms with Crippen molar-refractivity contribution in [2.75, 3.05) is 0 Å². The number of benzene rings is 1. The lowest BCUT2D eigenvalue weighted by Gasteiger charge is -2.18. The Hall–Kier alpha value is -2.60. The summed E-state index contributed by atoms with van der Waals surface area (Å²) < 4.78 is 0. The zero-order chi connectivity index (χ0) is 21.7. The van der Waals surface area contributed by atoms with Crippen LogP contribution in [-0.2, 0) is 9.59 Å². The van der Waals surface area contributed by atoms with E-state index in [1.165, 1.54) is 29.8 Å². The summed E-state index contributed by atoms with van der Waals surface area (Å²) in [6.45, 7) is 8.03. The molecule has 0 aromatic heterocycles. The number of hydrogen-bond donors (Lipinski definition) is 4. The van der Waals surface area contributed by atoms with Gasteiger partial charge >= 0.3 is 0 Å². The van der Waals surface area contributed by atoms with Crippen molar-refractivity contribution in [3.8, 4) is 5.75 Å². The van der Waals surface area contributed by atoms with Crippen LogP contribution in [0, 0.1) is 11.8 Å². The summed E-state index contributed by atoms with van der Waals surface area (Å²) in [5.41, 5.74) is 1.40. The third kappa shape index (κ3) is 5.48. The van der Waals surface area contributed by atoms with E-state index in [-0.39, 0.29) is 28.9 Å². The maximum absolute atomic E-state index is 12.8. The molecule has 6 heteroatoms. The average molecular weight is 402 g/mol. The van der Waals surface area contributed by atoms with E-state index in [2.05, 4.69) is 32.2 Å². The van der Waals surface area contributed by atoms with Gasteiger partial charge in [0, 0.05) is 5.92 Å². The van der Waals surface area contributed by atoms with Gasteiger partial charge in [0.15, 0.2) is 5.78 Å². The van der Waals surface area contributed by atoms with Gasteiger partial charge in [-0.3, -0.25) is 9.59 Å². The fraction of sp³-hybridized carbons (Fsp3) is 0.478. The molecule has 0 aliphatic carbocycles. The summed E-state index contributed by atoms with van der Waals surface area (Å²) in [6.07, 6.45) is 3.40. The SMILES string of the molecule is CCC=C(C)CC(C)CC(C)C(O)=C1C(=O)NC(C(O)c2ccc(O)cc2)C1=O. The number of allylic oxidation sites excluding steroid dienone is 3. The molecule has 0 spiro atoms. The Balaban J connectivity index is 2.14. The zero-order valence-electron chi connectivity index (χ0n) is 17.5. The molecule has 0 bridgehead atoms. The Morgan fingerprint density at radius 3 is 2.41 bits per heavy atom. The van der Waals surface area contributed by atoms with Gasteiger partial charge in [-0.05, 0) is 49.8 Å². The minimum atomic E-state index is -1.27. The molecular formula is C23H31NO5. The first kappa shape index (κ1) is 22.7. The lowest BCUT2D eigenvalue weighted by atomic mass is 9.88. The first-order valence-electron chi connectivity index (χ1n) is 10.1. The van der Waals surface area contributed by atoms with Crippen molar-refractivity contribution in [2.24, 2.45) is 11.8 Å². The largest absolute Gasteiger partial charge is 0.511 e. The van der Waals surface area contributed by atoms with Crippen LogP contribution in [-0.4, -0.2) is 33.1 Å². The third-order valence-electron chi connectivity index (χ3n) is 5.29. The molecule has 1 aliphatic rings. The van der Waals surface area contributed by atoms with Crippen molar-refractivity contribution in [2.45, 2.75) is 59.1 Å². The molecule has 2 rings (SSSR count). The van der Waals surface area contributed by atoms with Crippen LogP contribution in [0.5, 0.6) is 5.75 Å². The molecule has 158 valence electrons. The normalized spacial score (nSPS) is 22.2. The molecule has 1 amide bonds. The third-order valence-corrected chi connectivity index (χ3v) is 5.29.